The van der Waals surface area contributed by atoms with Crippen LogP contribution < -0.4 is 15.0 Å². The molecule has 1 N–H and O–H groups in total. The van der Waals surface area contributed by atoms with E-state index in [0.717, 1.165) is 56.5 Å². The molecule has 1 aromatic heterocycles. The van der Waals surface area contributed by atoms with E-state index in [2.05, 4.69) is 39.3 Å². The summed E-state index contributed by atoms with van der Waals surface area (Å²) in [6.45, 7) is 6.72. The molecule has 3 heterocycles. The molecule has 1 saturated heterocycles. The number of rotatable bonds is 1. The molecule has 1 aromatic rings. The molecule has 5 nitrogen and oxygen atoms in total. The molecule has 0 spiro atoms. The predicted octanol–water partition coefficient (Wildman–Crippen LogP) is 0.315. The summed E-state index contributed by atoms with van der Waals surface area (Å²) in [5, 5.41) is 3.32. The Bertz CT molecular complexity index is 415. The number of pyridine rings is 1. The van der Waals surface area contributed by atoms with Crippen molar-refractivity contribution < 1.29 is 4.74 Å². The summed E-state index contributed by atoms with van der Waals surface area (Å²) < 4.78 is 5.69. The lowest BCUT2D eigenvalue weighted by Crippen LogP contribution is -2.44. The van der Waals surface area contributed by atoms with Gasteiger partial charge in [0.15, 0.2) is 0 Å². The minimum atomic E-state index is 0.701. The molecule has 0 atom stereocenters. The van der Waals surface area contributed by atoms with E-state index in [4.69, 9.17) is 4.74 Å². The standard InChI is InChI=1S/C13H20N4O/c1-16-5-7-17(8-6-16)12-3-2-11-10-14-4-9-18-13(11)15-12/h2-3,14H,4-10H2,1H3. The maximum atomic E-state index is 5.69. The summed E-state index contributed by atoms with van der Waals surface area (Å²) in [4.78, 5) is 9.35. The largest absolute Gasteiger partial charge is 0.476 e. The van der Waals surface area contributed by atoms with Gasteiger partial charge in [0, 0.05) is 44.8 Å². The van der Waals surface area contributed by atoms with Crippen LogP contribution in [0.1, 0.15) is 5.56 Å². The van der Waals surface area contributed by atoms with Gasteiger partial charge in [0.05, 0.1) is 0 Å². The maximum Gasteiger partial charge on any atom is 0.219 e. The summed E-state index contributed by atoms with van der Waals surface area (Å²) in [7, 11) is 2.16. The van der Waals surface area contributed by atoms with Crippen LogP contribution in [0.25, 0.3) is 0 Å². The van der Waals surface area contributed by atoms with Crippen molar-refractivity contribution in [2.75, 3.05) is 51.3 Å². The van der Waals surface area contributed by atoms with Crippen LogP contribution in [0, 0.1) is 0 Å². The van der Waals surface area contributed by atoms with Crippen LogP contribution in [-0.2, 0) is 6.54 Å². The normalized spacial score (nSPS) is 21.1. The molecule has 1 fully saturated rings. The number of hydrogen-bond donors (Lipinski definition) is 1. The van der Waals surface area contributed by atoms with Crippen LogP contribution >= 0.6 is 0 Å². The van der Waals surface area contributed by atoms with Gasteiger partial charge in [-0.1, -0.05) is 0 Å². The Morgan fingerprint density at radius 3 is 2.89 bits per heavy atom. The summed E-state index contributed by atoms with van der Waals surface area (Å²) in [5.74, 6) is 1.85. The van der Waals surface area contributed by atoms with Gasteiger partial charge in [-0.3, -0.25) is 0 Å². The number of ether oxygens (including phenoxy) is 1. The first-order chi connectivity index (χ1) is 8.83. The predicted molar refractivity (Wildman–Crippen MR) is 71.1 cm³/mol. The Morgan fingerprint density at radius 1 is 1.22 bits per heavy atom. The number of aromatic nitrogens is 1. The molecular formula is C13H20N4O. The van der Waals surface area contributed by atoms with Gasteiger partial charge in [0.2, 0.25) is 5.88 Å². The lowest BCUT2D eigenvalue weighted by molar-refractivity contribution is 0.306. The molecule has 0 aliphatic carbocycles. The maximum absolute atomic E-state index is 5.69. The van der Waals surface area contributed by atoms with Gasteiger partial charge < -0.3 is 19.9 Å². The minimum Gasteiger partial charge on any atom is -0.476 e. The van der Waals surface area contributed by atoms with Crippen LogP contribution in [0.3, 0.4) is 0 Å². The molecule has 0 aromatic carbocycles. The highest BCUT2D eigenvalue weighted by Crippen LogP contribution is 2.23. The van der Waals surface area contributed by atoms with E-state index < -0.39 is 0 Å². The van der Waals surface area contributed by atoms with Crippen LogP contribution in [-0.4, -0.2) is 56.3 Å². The van der Waals surface area contributed by atoms with E-state index in [1.165, 1.54) is 0 Å². The molecule has 0 amide bonds. The highest BCUT2D eigenvalue weighted by Gasteiger charge is 2.17. The van der Waals surface area contributed by atoms with E-state index >= 15 is 0 Å². The van der Waals surface area contributed by atoms with Crippen LogP contribution in [0.4, 0.5) is 5.82 Å². The highest BCUT2D eigenvalue weighted by atomic mass is 16.5. The van der Waals surface area contributed by atoms with Gasteiger partial charge in [0.1, 0.15) is 12.4 Å². The van der Waals surface area contributed by atoms with Crippen molar-refractivity contribution in [1.82, 2.24) is 15.2 Å². The highest BCUT2D eigenvalue weighted by molar-refractivity contribution is 5.44. The number of anilines is 1. The summed E-state index contributed by atoms with van der Waals surface area (Å²) in [5.41, 5.74) is 1.16. The number of nitrogens with zero attached hydrogens (tertiary/aromatic N) is 3. The lowest BCUT2D eigenvalue weighted by atomic mass is 10.2. The zero-order chi connectivity index (χ0) is 12.4. The number of likely N-dealkylation sites (N-methyl/N-ethyl adjacent to an activating group) is 1. The second-order valence-electron chi connectivity index (χ2n) is 4.95. The zero-order valence-electron chi connectivity index (χ0n) is 10.9. The van der Waals surface area contributed by atoms with Crippen molar-refractivity contribution in [3.63, 3.8) is 0 Å². The number of piperazine rings is 1. The Morgan fingerprint density at radius 2 is 2.06 bits per heavy atom. The smallest absolute Gasteiger partial charge is 0.219 e. The Balaban J connectivity index is 1.79. The third-order valence-electron chi connectivity index (χ3n) is 3.58. The first-order valence-electron chi connectivity index (χ1n) is 6.60. The Labute approximate surface area is 108 Å². The van der Waals surface area contributed by atoms with Crippen molar-refractivity contribution in [1.29, 1.82) is 0 Å². The van der Waals surface area contributed by atoms with Gasteiger partial charge in [-0.2, -0.15) is 4.98 Å². The van der Waals surface area contributed by atoms with Crippen LogP contribution in [0.5, 0.6) is 5.88 Å². The molecule has 0 radical (unpaired) electrons. The first-order valence-corrected chi connectivity index (χ1v) is 6.60. The Hall–Kier alpha value is -1.33. The first kappa shape index (κ1) is 11.7. The van der Waals surface area contributed by atoms with Crippen LogP contribution in [0.15, 0.2) is 12.1 Å². The van der Waals surface area contributed by atoms with E-state index in [1.54, 1.807) is 0 Å². The third kappa shape index (κ3) is 2.42. The molecule has 2 aliphatic rings. The molecule has 5 heteroatoms. The monoisotopic (exact) mass is 248 g/mol. The van der Waals surface area contributed by atoms with Crippen molar-refractivity contribution >= 4 is 5.82 Å². The average molecular weight is 248 g/mol. The van der Waals surface area contributed by atoms with Gasteiger partial charge in [0.25, 0.3) is 0 Å². The SMILES string of the molecule is CN1CCN(c2ccc3c(n2)OCCNC3)CC1. The number of nitrogens with one attached hydrogen (secondary N) is 1. The van der Waals surface area contributed by atoms with Gasteiger partial charge in [-0.25, -0.2) is 0 Å². The molecule has 18 heavy (non-hydrogen) atoms. The third-order valence-corrected chi connectivity index (χ3v) is 3.58. The molecule has 0 bridgehead atoms. The zero-order valence-corrected chi connectivity index (χ0v) is 10.9. The fraction of sp³-hybridized carbons (Fsp3) is 0.615. The Kier molecular flexibility index (Phi) is 3.34. The van der Waals surface area contributed by atoms with Crippen molar-refractivity contribution in [2.45, 2.75) is 6.54 Å². The van der Waals surface area contributed by atoms with Crippen LogP contribution in [0.2, 0.25) is 0 Å². The number of fused-ring (bicyclic) bond motifs is 1. The van der Waals surface area contributed by atoms with Gasteiger partial charge in [-0.05, 0) is 19.2 Å². The minimum absolute atomic E-state index is 0.701. The molecule has 0 saturated carbocycles. The molecule has 3 rings (SSSR count). The fourth-order valence-electron chi connectivity index (χ4n) is 2.37. The molecule has 2 aliphatic heterocycles. The lowest BCUT2D eigenvalue weighted by Gasteiger charge is -2.33. The molecule has 98 valence electrons. The van der Waals surface area contributed by atoms with Gasteiger partial charge in [-0.15, -0.1) is 0 Å². The topological polar surface area (TPSA) is 40.6 Å². The van der Waals surface area contributed by atoms with E-state index in [-0.39, 0.29) is 0 Å². The van der Waals surface area contributed by atoms with E-state index in [9.17, 15) is 0 Å². The summed E-state index contributed by atoms with van der Waals surface area (Å²) in [6, 6.07) is 4.24. The summed E-state index contributed by atoms with van der Waals surface area (Å²) in [6.07, 6.45) is 0. The van der Waals surface area contributed by atoms with Gasteiger partial charge >= 0.3 is 0 Å². The van der Waals surface area contributed by atoms with Crippen molar-refractivity contribution in [3.05, 3.63) is 17.7 Å². The van der Waals surface area contributed by atoms with Crippen molar-refractivity contribution in [3.8, 4) is 5.88 Å². The summed E-state index contributed by atoms with van der Waals surface area (Å²) >= 11 is 0. The second-order valence-corrected chi connectivity index (χ2v) is 4.95. The van der Waals surface area contributed by atoms with Crippen molar-refractivity contribution in [2.24, 2.45) is 0 Å². The molecule has 0 unspecified atom stereocenters. The average Bonchev–Trinajstić information content (AvgIpc) is 2.64. The van der Waals surface area contributed by atoms with E-state index in [1.807, 2.05) is 0 Å². The van der Waals surface area contributed by atoms with E-state index in [0.29, 0.717) is 6.61 Å². The molecular weight excluding hydrogens is 228 g/mol. The quantitative estimate of drug-likeness (QED) is 0.775. The second kappa shape index (κ2) is 5.12. The number of hydrogen-bond acceptors (Lipinski definition) is 5. The fourth-order valence-corrected chi connectivity index (χ4v) is 2.37.